The molecule has 0 aliphatic heterocycles. The van der Waals surface area contributed by atoms with Gasteiger partial charge in [-0.25, -0.2) is 0 Å². The molecule has 0 saturated carbocycles. The van der Waals surface area contributed by atoms with E-state index in [-0.39, 0.29) is 0 Å². The second-order valence-electron chi connectivity index (χ2n) is 5.85. The first-order valence-corrected chi connectivity index (χ1v) is 7.32. The van der Waals surface area contributed by atoms with Crippen molar-refractivity contribution in [2.45, 2.75) is 59.9 Å². The van der Waals surface area contributed by atoms with Crippen LogP contribution in [0.25, 0.3) is 0 Å². The summed E-state index contributed by atoms with van der Waals surface area (Å²) in [6.07, 6.45) is 3.74. The van der Waals surface area contributed by atoms with Crippen LogP contribution in [-0.4, -0.2) is 12.6 Å². The third kappa shape index (κ3) is 5.22. The lowest BCUT2D eigenvalue weighted by molar-refractivity contribution is 0.434. The molecule has 1 aromatic rings. The molecule has 0 fully saturated rings. The van der Waals surface area contributed by atoms with Gasteiger partial charge < -0.3 is 5.32 Å². The summed E-state index contributed by atoms with van der Waals surface area (Å²) in [4.78, 5) is 0. The lowest BCUT2D eigenvalue weighted by Crippen LogP contribution is -2.31. The van der Waals surface area contributed by atoms with E-state index in [4.69, 9.17) is 0 Å². The molecule has 0 aliphatic rings. The van der Waals surface area contributed by atoms with Crippen LogP contribution in [-0.2, 0) is 6.42 Å². The third-order valence-corrected chi connectivity index (χ3v) is 3.64. The molecule has 0 radical (unpaired) electrons. The van der Waals surface area contributed by atoms with E-state index in [9.17, 15) is 0 Å². The van der Waals surface area contributed by atoms with Crippen molar-refractivity contribution in [2.75, 3.05) is 6.54 Å². The molecular formula is C17H29N. The van der Waals surface area contributed by atoms with Crippen molar-refractivity contribution in [1.82, 2.24) is 5.32 Å². The topological polar surface area (TPSA) is 12.0 Å². The Morgan fingerprint density at radius 2 is 1.78 bits per heavy atom. The number of benzene rings is 1. The monoisotopic (exact) mass is 247 g/mol. The lowest BCUT2D eigenvalue weighted by atomic mass is 9.96. The van der Waals surface area contributed by atoms with E-state index in [1.165, 1.54) is 29.5 Å². The van der Waals surface area contributed by atoms with Crippen LogP contribution in [0, 0.1) is 19.8 Å². The summed E-state index contributed by atoms with van der Waals surface area (Å²) in [7, 11) is 0. The SMILES string of the molecule is CCNC(CCC(C)C)Cc1ccc(C)c(C)c1. The Hall–Kier alpha value is -0.820. The Labute approximate surface area is 113 Å². The van der Waals surface area contributed by atoms with Gasteiger partial charge in [-0.15, -0.1) is 0 Å². The van der Waals surface area contributed by atoms with Crippen molar-refractivity contribution in [2.24, 2.45) is 5.92 Å². The molecular weight excluding hydrogens is 218 g/mol. The highest BCUT2D eigenvalue weighted by atomic mass is 14.9. The molecule has 0 amide bonds. The maximum Gasteiger partial charge on any atom is 0.0107 e. The molecule has 1 N–H and O–H groups in total. The highest BCUT2D eigenvalue weighted by Crippen LogP contribution is 2.15. The van der Waals surface area contributed by atoms with Gasteiger partial charge in [-0.05, 0) is 62.3 Å². The van der Waals surface area contributed by atoms with Crippen LogP contribution >= 0.6 is 0 Å². The van der Waals surface area contributed by atoms with Gasteiger partial charge in [0, 0.05) is 6.04 Å². The van der Waals surface area contributed by atoms with Crippen LogP contribution in [0.3, 0.4) is 0 Å². The smallest absolute Gasteiger partial charge is 0.0107 e. The lowest BCUT2D eigenvalue weighted by Gasteiger charge is -2.19. The number of aryl methyl sites for hydroxylation is 2. The van der Waals surface area contributed by atoms with E-state index in [1.54, 1.807) is 0 Å². The quantitative estimate of drug-likeness (QED) is 0.759. The second kappa shape index (κ2) is 7.58. The standard InChI is InChI=1S/C17H29N/c1-6-18-17(10-7-13(2)3)12-16-9-8-14(4)15(5)11-16/h8-9,11,13,17-18H,6-7,10,12H2,1-5H3. The van der Waals surface area contributed by atoms with Crippen molar-refractivity contribution < 1.29 is 0 Å². The minimum atomic E-state index is 0.625. The second-order valence-corrected chi connectivity index (χ2v) is 5.85. The van der Waals surface area contributed by atoms with Gasteiger partial charge in [0.05, 0.1) is 0 Å². The summed E-state index contributed by atoms with van der Waals surface area (Å²) in [5.41, 5.74) is 4.26. The number of rotatable bonds is 7. The number of nitrogens with one attached hydrogen (secondary N) is 1. The fraction of sp³-hybridized carbons (Fsp3) is 0.647. The van der Waals surface area contributed by atoms with Gasteiger partial charge in [-0.1, -0.05) is 39.0 Å². The van der Waals surface area contributed by atoms with E-state index in [0.29, 0.717) is 6.04 Å². The van der Waals surface area contributed by atoms with Gasteiger partial charge in [0.15, 0.2) is 0 Å². The summed E-state index contributed by atoms with van der Waals surface area (Å²) in [6, 6.07) is 7.49. The van der Waals surface area contributed by atoms with Crippen LogP contribution in [0.4, 0.5) is 0 Å². The molecule has 102 valence electrons. The molecule has 1 rings (SSSR count). The fourth-order valence-electron chi connectivity index (χ4n) is 2.31. The van der Waals surface area contributed by atoms with Crippen LogP contribution in [0.15, 0.2) is 18.2 Å². The molecule has 1 heteroatoms. The first-order valence-electron chi connectivity index (χ1n) is 7.32. The minimum absolute atomic E-state index is 0.625. The molecule has 0 heterocycles. The van der Waals surface area contributed by atoms with Crippen LogP contribution in [0.2, 0.25) is 0 Å². The van der Waals surface area contributed by atoms with Gasteiger partial charge in [0.1, 0.15) is 0 Å². The summed E-state index contributed by atoms with van der Waals surface area (Å²) < 4.78 is 0. The van der Waals surface area contributed by atoms with Gasteiger partial charge in [-0.2, -0.15) is 0 Å². The Bertz CT molecular complexity index is 355. The molecule has 1 nitrogen and oxygen atoms in total. The normalized spacial score (nSPS) is 13.0. The Morgan fingerprint density at radius 3 is 2.33 bits per heavy atom. The molecule has 0 aromatic heterocycles. The fourth-order valence-corrected chi connectivity index (χ4v) is 2.31. The highest BCUT2D eigenvalue weighted by molar-refractivity contribution is 5.30. The van der Waals surface area contributed by atoms with E-state index in [0.717, 1.165) is 18.9 Å². The molecule has 0 aliphatic carbocycles. The minimum Gasteiger partial charge on any atom is -0.314 e. The molecule has 0 saturated heterocycles. The summed E-state index contributed by atoms with van der Waals surface area (Å²) >= 11 is 0. The zero-order chi connectivity index (χ0) is 13.5. The zero-order valence-electron chi connectivity index (χ0n) is 12.7. The average Bonchev–Trinajstić information content (AvgIpc) is 2.31. The molecule has 1 aromatic carbocycles. The Kier molecular flexibility index (Phi) is 6.42. The Balaban J connectivity index is 2.61. The van der Waals surface area contributed by atoms with E-state index in [1.807, 2.05) is 0 Å². The van der Waals surface area contributed by atoms with Crippen molar-refractivity contribution in [3.63, 3.8) is 0 Å². The van der Waals surface area contributed by atoms with Gasteiger partial charge in [-0.3, -0.25) is 0 Å². The van der Waals surface area contributed by atoms with Crippen LogP contribution in [0.5, 0.6) is 0 Å². The van der Waals surface area contributed by atoms with Crippen molar-refractivity contribution in [1.29, 1.82) is 0 Å². The highest BCUT2D eigenvalue weighted by Gasteiger charge is 2.09. The van der Waals surface area contributed by atoms with Crippen molar-refractivity contribution >= 4 is 0 Å². The third-order valence-electron chi connectivity index (χ3n) is 3.64. The summed E-state index contributed by atoms with van der Waals surface area (Å²) in [6.45, 7) is 12.3. The van der Waals surface area contributed by atoms with Gasteiger partial charge >= 0.3 is 0 Å². The maximum atomic E-state index is 3.62. The van der Waals surface area contributed by atoms with Gasteiger partial charge in [0.2, 0.25) is 0 Å². The number of hydrogen-bond donors (Lipinski definition) is 1. The van der Waals surface area contributed by atoms with E-state index < -0.39 is 0 Å². The van der Waals surface area contributed by atoms with E-state index in [2.05, 4.69) is 58.1 Å². The summed E-state index contributed by atoms with van der Waals surface area (Å²) in [5, 5.41) is 3.62. The predicted molar refractivity (Wildman–Crippen MR) is 81.2 cm³/mol. The molecule has 0 spiro atoms. The van der Waals surface area contributed by atoms with E-state index >= 15 is 0 Å². The summed E-state index contributed by atoms with van der Waals surface area (Å²) in [5.74, 6) is 0.797. The van der Waals surface area contributed by atoms with Crippen molar-refractivity contribution in [3.8, 4) is 0 Å². The van der Waals surface area contributed by atoms with Crippen molar-refractivity contribution in [3.05, 3.63) is 34.9 Å². The molecule has 1 atom stereocenters. The first kappa shape index (κ1) is 15.2. The Morgan fingerprint density at radius 1 is 1.06 bits per heavy atom. The van der Waals surface area contributed by atoms with Crippen LogP contribution < -0.4 is 5.32 Å². The number of likely N-dealkylation sites (N-methyl/N-ethyl adjacent to an activating group) is 1. The largest absolute Gasteiger partial charge is 0.314 e. The molecule has 1 unspecified atom stereocenters. The number of hydrogen-bond acceptors (Lipinski definition) is 1. The first-order chi connectivity index (χ1) is 8.52. The zero-order valence-corrected chi connectivity index (χ0v) is 12.7. The van der Waals surface area contributed by atoms with Gasteiger partial charge in [0.25, 0.3) is 0 Å². The maximum absolute atomic E-state index is 3.62. The average molecular weight is 247 g/mol. The molecule has 18 heavy (non-hydrogen) atoms. The molecule has 0 bridgehead atoms. The van der Waals surface area contributed by atoms with Crippen LogP contribution in [0.1, 0.15) is 50.3 Å². The predicted octanol–water partition coefficient (Wildman–Crippen LogP) is 4.26.